The Morgan fingerprint density at radius 2 is 1.55 bits per heavy atom. The Bertz CT molecular complexity index is 2740. The van der Waals surface area contributed by atoms with Gasteiger partial charge in [0.25, 0.3) is 0 Å². The minimum Gasteiger partial charge on any atom is -0.497 e. The van der Waals surface area contributed by atoms with Crippen molar-refractivity contribution in [1.29, 1.82) is 5.26 Å². The maximum absolute atomic E-state index is 17.9. The van der Waals surface area contributed by atoms with Crippen LogP contribution in [0.1, 0.15) is 62.3 Å². The van der Waals surface area contributed by atoms with Crippen LogP contribution in [0.4, 0.5) is 34.0 Å². The number of methoxy groups -OCH3 is 2. The van der Waals surface area contributed by atoms with Crippen molar-refractivity contribution in [1.82, 2.24) is 24.8 Å². The summed E-state index contributed by atoms with van der Waals surface area (Å²) in [6.07, 6.45) is -4.18. The number of hydrogen-bond acceptors (Lipinski definition) is 14. The zero-order valence-electron chi connectivity index (χ0n) is 41.6. The lowest BCUT2D eigenvalue weighted by Gasteiger charge is -2.41. The first-order valence-electron chi connectivity index (χ1n) is 23.8. The van der Waals surface area contributed by atoms with E-state index in [2.05, 4.69) is 20.9 Å². The van der Waals surface area contributed by atoms with E-state index in [9.17, 15) is 14.9 Å². The number of likely N-dealkylation sites (tertiary alicyclic amines) is 1. The fourth-order valence-corrected chi connectivity index (χ4v) is 9.29. The van der Waals surface area contributed by atoms with E-state index < -0.39 is 57.5 Å². The number of aryl methyl sites for hydroxylation is 1. The summed E-state index contributed by atoms with van der Waals surface area (Å²) >= 11 is 7.00. The normalized spacial score (nSPS) is 15.8. The average molecular weight is 1040 g/mol. The number of aliphatic carboxylic acids is 1. The molecule has 5 aromatic rings. The molecule has 2 saturated heterocycles. The smallest absolute Gasteiger partial charge is 0.418 e. The van der Waals surface area contributed by atoms with Gasteiger partial charge in [-0.2, -0.15) is 28.4 Å². The Hall–Kier alpha value is -6.69. The van der Waals surface area contributed by atoms with Crippen LogP contribution in [0.3, 0.4) is 0 Å². The molecule has 0 unspecified atom stereocenters. The molecule has 1 amide bonds. The third-order valence-electron chi connectivity index (χ3n) is 12.6. The predicted octanol–water partition coefficient (Wildman–Crippen LogP) is 9.57. The number of nitriles is 1. The number of halogens is 5. The van der Waals surface area contributed by atoms with Crippen molar-refractivity contribution in [3.8, 4) is 34.8 Å². The molecular formula is C52H59ClF4N8O8. The molecule has 16 nitrogen and oxygen atoms in total. The average Bonchev–Trinajstić information content (AvgIpc) is 3.33. The van der Waals surface area contributed by atoms with Gasteiger partial charge in [-0.15, -0.1) is 0 Å². The lowest BCUT2D eigenvalue weighted by atomic mass is 9.98. The van der Waals surface area contributed by atoms with E-state index in [1.54, 1.807) is 69.1 Å². The molecule has 0 radical (unpaired) electrons. The standard InChI is InChI=1S/C52H59ClF4N8O8/c1-32-25-41(64(27-33-7-11-37(69-5)12-8-33)28-34-9-13-38(70-6)14-10-34)59-47(44(32)52(55,56)57)43-40(53)26-39-46(45(43)54)60-49(72-24-23-62-19-16-35(17-20-62)30-71-31-42(66)67)61-48(39)63-21-22-65(36(29-63)15-18-58)50(68)73-51(2,3)4/h7-14,25-26,35-36H,15-17,19-24,27-31H2,1-6H3,(H,66,67)/t36-/m0/s1. The van der Waals surface area contributed by atoms with Crippen molar-refractivity contribution in [2.45, 2.75) is 77.9 Å². The van der Waals surface area contributed by atoms with Crippen LogP contribution in [0.15, 0.2) is 60.7 Å². The number of benzene rings is 3. The van der Waals surface area contributed by atoms with Crippen molar-refractivity contribution < 1.29 is 55.9 Å². The van der Waals surface area contributed by atoms with Crippen LogP contribution in [0, 0.1) is 30.0 Å². The largest absolute Gasteiger partial charge is 0.497 e. The molecule has 0 spiro atoms. The van der Waals surface area contributed by atoms with Gasteiger partial charge < -0.3 is 43.5 Å². The number of ether oxygens (including phenoxy) is 5. The van der Waals surface area contributed by atoms with Crippen LogP contribution in [0.2, 0.25) is 5.02 Å². The van der Waals surface area contributed by atoms with Gasteiger partial charge in [0.1, 0.15) is 47.5 Å². The molecular weight excluding hydrogens is 976 g/mol. The van der Waals surface area contributed by atoms with Crippen molar-refractivity contribution in [2.24, 2.45) is 5.92 Å². The number of carbonyl (C=O) groups excluding carboxylic acids is 1. The first-order chi connectivity index (χ1) is 34.7. The number of aromatic nitrogens is 3. The number of pyridine rings is 1. The zero-order valence-corrected chi connectivity index (χ0v) is 42.4. The summed E-state index contributed by atoms with van der Waals surface area (Å²) in [5, 5.41) is 18.4. The minimum absolute atomic E-state index is 0.0453. The summed E-state index contributed by atoms with van der Waals surface area (Å²) in [6, 6.07) is 18.2. The van der Waals surface area contributed by atoms with Gasteiger partial charge in [-0.1, -0.05) is 35.9 Å². The number of fused-ring (bicyclic) bond motifs is 1. The van der Waals surface area contributed by atoms with Gasteiger partial charge in [0, 0.05) is 44.7 Å². The maximum Gasteiger partial charge on any atom is 0.418 e. The number of carboxylic acids is 1. The molecule has 1 atom stereocenters. The van der Waals surface area contributed by atoms with E-state index >= 15 is 17.6 Å². The number of alkyl halides is 3. The summed E-state index contributed by atoms with van der Waals surface area (Å²) in [5.41, 5.74) is -2.43. The Balaban J connectivity index is 1.30. The molecule has 2 aliphatic rings. The van der Waals surface area contributed by atoms with Gasteiger partial charge in [-0.25, -0.2) is 19.0 Å². The van der Waals surface area contributed by atoms with Gasteiger partial charge in [-0.3, -0.25) is 4.90 Å². The molecule has 2 fully saturated rings. The second kappa shape index (κ2) is 23.5. The highest BCUT2D eigenvalue weighted by molar-refractivity contribution is 6.34. The van der Waals surface area contributed by atoms with Gasteiger partial charge in [-0.05, 0) is 113 Å². The number of piperidine rings is 1. The molecule has 73 heavy (non-hydrogen) atoms. The second-order valence-corrected chi connectivity index (χ2v) is 19.4. The third-order valence-corrected chi connectivity index (χ3v) is 12.9. The maximum atomic E-state index is 17.9. The Morgan fingerprint density at radius 1 is 0.918 bits per heavy atom. The van der Waals surface area contributed by atoms with Crippen LogP contribution in [-0.2, 0) is 33.5 Å². The van der Waals surface area contributed by atoms with Crippen molar-refractivity contribution in [3.05, 3.63) is 93.8 Å². The highest BCUT2D eigenvalue weighted by atomic mass is 35.5. The number of carboxylic acid groups (broad SMARTS) is 1. The number of carbonyl (C=O) groups is 2. The number of hydrogen-bond donors (Lipinski definition) is 1. The third kappa shape index (κ3) is 13.7. The predicted molar refractivity (Wildman–Crippen MR) is 266 cm³/mol. The number of nitrogens with zero attached hydrogens (tertiary/aromatic N) is 8. The van der Waals surface area contributed by atoms with E-state index in [1.807, 2.05) is 24.3 Å². The van der Waals surface area contributed by atoms with Crippen molar-refractivity contribution in [3.63, 3.8) is 0 Å². The number of piperazine rings is 1. The number of anilines is 2. The topological polar surface area (TPSA) is 176 Å². The van der Waals surface area contributed by atoms with Crippen LogP contribution in [0.25, 0.3) is 22.2 Å². The Morgan fingerprint density at radius 3 is 2.11 bits per heavy atom. The van der Waals surface area contributed by atoms with Crippen LogP contribution < -0.4 is 24.0 Å². The summed E-state index contributed by atoms with van der Waals surface area (Å²) < 4.78 is 91.9. The highest BCUT2D eigenvalue weighted by Crippen LogP contribution is 2.46. The van der Waals surface area contributed by atoms with Crippen molar-refractivity contribution in [2.75, 3.05) is 83.1 Å². The molecule has 0 saturated carbocycles. The van der Waals surface area contributed by atoms with Crippen molar-refractivity contribution >= 4 is 46.2 Å². The molecule has 1 N–H and O–H groups in total. The highest BCUT2D eigenvalue weighted by Gasteiger charge is 2.40. The number of amides is 1. The molecule has 0 aliphatic carbocycles. The number of rotatable bonds is 18. The molecule has 3 aromatic carbocycles. The molecule has 0 bridgehead atoms. The van der Waals surface area contributed by atoms with Crippen LogP contribution in [-0.4, -0.2) is 127 Å². The van der Waals surface area contributed by atoms with E-state index in [-0.39, 0.29) is 92.4 Å². The zero-order chi connectivity index (χ0) is 52.6. The van der Waals surface area contributed by atoms with Gasteiger partial charge >= 0.3 is 24.2 Å². The van der Waals surface area contributed by atoms with Gasteiger partial charge in [0.05, 0.1) is 61.2 Å². The Kier molecular flexibility index (Phi) is 17.4. The van der Waals surface area contributed by atoms with Gasteiger partial charge in [0.15, 0.2) is 5.82 Å². The first-order valence-corrected chi connectivity index (χ1v) is 24.2. The summed E-state index contributed by atoms with van der Waals surface area (Å²) in [4.78, 5) is 45.3. The lowest BCUT2D eigenvalue weighted by molar-refractivity contribution is -0.143. The van der Waals surface area contributed by atoms with E-state index in [1.165, 1.54) is 24.0 Å². The summed E-state index contributed by atoms with van der Waals surface area (Å²) in [6.45, 7) is 8.92. The van der Waals surface area contributed by atoms with E-state index in [0.29, 0.717) is 37.7 Å². The molecule has 7 rings (SSSR count). The SMILES string of the molecule is COc1ccc(CN(Cc2ccc(OC)cc2)c2cc(C)c(C(F)(F)F)c(-c3c(Cl)cc4c(N5CCN(C(=O)OC(C)(C)C)[C@@H](CC#N)C5)nc(OCCN5CCC(COCC(=O)O)CC5)nc4c3F)n2)cc1. The Labute approximate surface area is 426 Å². The monoisotopic (exact) mass is 1030 g/mol. The molecule has 4 heterocycles. The quantitative estimate of drug-likeness (QED) is 0.0821. The molecule has 21 heteroatoms. The van der Waals surface area contributed by atoms with Crippen LogP contribution >= 0.6 is 11.6 Å². The van der Waals surface area contributed by atoms with E-state index in [4.69, 9.17) is 45.4 Å². The first kappa shape index (κ1) is 54.1. The molecule has 2 aromatic heterocycles. The summed E-state index contributed by atoms with van der Waals surface area (Å²) in [5.74, 6) is -0.581. The molecule has 390 valence electrons. The molecule has 2 aliphatic heterocycles. The van der Waals surface area contributed by atoms with E-state index in [0.717, 1.165) is 24.0 Å². The van der Waals surface area contributed by atoms with Gasteiger partial charge in [0.2, 0.25) is 0 Å². The lowest BCUT2D eigenvalue weighted by Crippen LogP contribution is -2.56. The van der Waals surface area contributed by atoms with Crippen LogP contribution in [0.5, 0.6) is 17.5 Å². The minimum atomic E-state index is -5.01. The fraction of sp³-hybridized carbons (Fsp3) is 0.462. The fourth-order valence-electron chi connectivity index (χ4n) is 9.00. The second-order valence-electron chi connectivity index (χ2n) is 19.0. The summed E-state index contributed by atoms with van der Waals surface area (Å²) in [7, 11) is 3.08.